The summed E-state index contributed by atoms with van der Waals surface area (Å²) in [5, 5.41) is 20.4. The molecule has 1 saturated heterocycles. The van der Waals surface area contributed by atoms with E-state index in [1.165, 1.54) is 0 Å². The molecule has 1 aliphatic heterocycles. The minimum atomic E-state index is -0.785. The van der Waals surface area contributed by atoms with Crippen LogP contribution >= 0.6 is 0 Å². The van der Waals surface area contributed by atoms with E-state index in [1.54, 1.807) is 19.1 Å². The van der Waals surface area contributed by atoms with Crippen molar-refractivity contribution in [2.45, 2.75) is 76.5 Å². The van der Waals surface area contributed by atoms with Crippen LogP contribution in [-0.4, -0.2) is 52.7 Å². The number of hydrogen-bond acceptors (Lipinski definition) is 7. The van der Waals surface area contributed by atoms with Crippen molar-refractivity contribution in [3.63, 3.8) is 0 Å². The second kappa shape index (κ2) is 10.7. The lowest BCUT2D eigenvalue weighted by Gasteiger charge is -2.43. The molecule has 2 aliphatic carbocycles. The van der Waals surface area contributed by atoms with Gasteiger partial charge in [-0.25, -0.2) is 4.79 Å². The summed E-state index contributed by atoms with van der Waals surface area (Å²) in [5.41, 5.74) is 0.969. The van der Waals surface area contributed by atoms with Crippen LogP contribution in [0.5, 0.6) is 5.75 Å². The van der Waals surface area contributed by atoms with E-state index < -0.39 is 30.4 Å². The number of aliphatic hydroxyl groups excluding tert-OH is 2. The maximum Gasteiger partial charge on any atom is 0.347 e. The first-order chi connectivity index (χ1) is 16.3. The number of ether oxygens (including phenoxy) is 3. The van der Waals surface area contributed by atoms with Crippen molar-refractivity contribution in [2.24, 2.45) is 17.8 Å². The van der Waals surface area contributed by atoms with Crippen molar-refractivity contribution in [2.75, 3.05) is 0 Å². The van der Waals surface area contributed by atoms with Gasteiger partial charge in [-0.05, 0) is 49.3 Å². The summed E-state index contributed by atoms with van der Waals surface area (Å²) >= 11 is 0. The Bertz CT molecular complexity index is 924. The Morgan fingerprint density at radius 1 is 1.18 bits per heavy atom. The van der Waals surface area contributed by atoms with Gasteiger partial charge >= 0.3 is 11.9 Å². The molecule has 184 valence electrons. The molecule has 0 spiro atoms. The van der Waals surface area contributed by atoms with Crippen LogP contribution in [-0.2, 0) is 19.1 Å². The molecule has 1 aromatic rings. The number of para-hydroxylation sites is 1. The Hall–Kier alpha value is -2.64. The highest BCUT2D eigenvalue weighted by molar-refractivity contribution is 5.75. The van der Waals surface area contributed by atoms with Crippen molar-refractivity contribution in [3.05, 3.63) is 54.1 Å². The molecule has 1 aromatic carbocycles. The molecule has 5 unspecified atom stereocenters. The molecule has 8 atom stereocenters. The van der Waals surface area contributed by atoms with Crippen LogP contribution in [0.1, 0.15) is 46.0 Å². The van der Waals surface area contributed by atoms with Gasteiger partial charge in [0.05, 0.1) is 18.6 Å². The summed E-state index contributed by atoms with van der Waals surface area (Å²) in [5.74, 6) is 0.0620. The van der Waals surface area contributed by atoms with Crippen molar-refractivity contribution in [3.8, 4) is 5.75 Å². The Kier molecular flexibility index (Phi) is 7.73. The van der Waals surface area contributed by atoms with E-state index in [0.29, 0.717) is 25.0 Å². The number of carbonyl (C=O) groups is 2. The van der Waals surface area contributed by atoms with E-state index in [-0.39, 0.29) is 36.2 Å². The largest absolute Gasteiger partial charge is 0.479 e. The van der Waals surface area contributed by atoms with Gasteiger partial charge in [-0.15, -0.1) is 0 Å². The number of fused-ring (bicyclic) bond motifs is 1. The maximum absolute atomic E-state index is 12.9. The lowest BCUT2D eigenvalue weighted by molar-refractivity contribution is -0.164. The Balaban J connectivity index is 1.45. The summed E-state index contributed by atoms with van der Waals surface area (Å²) < 4.78 is 17.1. The van der Waals surface area contributed by atoms with Gasteiger partial charge in [-0.1, -0.05) is 43.4 Å². The van der Waals surface area contributed by atoms with E-state index in [1.807, 2.05) is 30.4 Å². The highest BCUT2D eigenvalue weighted by Gasteiger charge is 2.43. The molecule has 34 heavy (non-hydrogen) atoms. The molecule has 7 nitrogen and oxygen atoms in total. The number of carbonyl (C=O) groups excluding carboxylic acids is 2. The average molecular weight is 471 g/mol. The number of esters is 2. The fraction of sp³-hybridized carbons (Fsp3) is 0.556. The molecule has 0 amide bonds. The Labute approximate surface area is 200 Å². The van der Waals surface area contributed by atoms with Crippen molar-refractivity contribution in [1.29, 1.82) is 0 Å². The zero-order chi connectivity index (χ0) is 24.2. The number of rotatable bonds is 7. The molecule has 2 N–H and O–H groups in total. The van der Waals surface area contributed by atoms with Gasteiger partial charge in [0.2, 0.25) is 0 Å². The highest BCUT2D eigenvalue weighted by Crippen LogP contribution is 2.44. The fourth-order valence-corrected chi connectivity index (χ4v) is 5.40. The highest BCUT2D eigenvalue weighted by atomic mass is 16.6. The second-order valence-corrected chi connectivity index (χ2v) is 9.71. The number of hydrogen-bond donors (Lipinski definition) is 2. The van der Waals surface area contributed by atoms with Crippen LogP contribution in [0.3, 0.4) is 0 Å². The lowest BCUT2D eigenvalue weighted by Crippen LogP contribution is -2.44. The van der Waals surface area contributed by atoms with E-state index in [2.05, 4.69) is 13.0 Å². The molecule has 1 heterocycles. The minimum absolute atomic E-state index is 0.0493. The average Bonchev–Trinajstić information content (AvgIpc) is 2.78. The molecule has 4 rings (SSSR count). The smallest absolute Gasteiger partial charge is 0.347 e. The molecular weight excluding hydrogens is 436 g/mol. The molecule has 7 heteroatoms. The quantitative estimate of drug-likeness (QED) is 0.589. The van der Waals surface area contributed by atoms with Crippen molar-refractivity contribution in [1.82, 2.24) is 0 Å². The molecule has 0 saturated carbocycles. The fourth-order valence-electron chi connectivity index (χ4n) is 5.40. The predicted molar refractivity (Wildman–Crippen MR) is 125 cm³/mol. The van der Waals surface area contributed by atoms with Crippen molar-refractivity contribution >= 4 is 11.9 Å². The Morgan fingerprint density at radius 3 is 2.68 bits per heavy atom. The predicted octanol–water partition coefficient (Wildman–Crippen LogP) is 3.34. The van der Waals surface area contributed by atoms with Gasteiger partial charge in [0.25, 0.3) is 0 Å². The van der Waals surface area contributed by atoms with Crippen LogP contribution in [0.2, 0.25) is 0 Å². The normalized spacial score (nSPS) is 33.8. The zero-order valence-corrected chi connectivity index (χ0v) is 19.7. The molecule has 1 fully saturated rings. The van der Waals surface area contributed by atoms with Crippen LogP contribution in [0.4, 0.5) is 0 Å². The first kappa shape index (κ1) is 24.5. The van der Waals surface area contributed by atoms with Crippen LogP contribution < -0.4 is 4.74 Å². The monoisotopic (exact) mass is 470 g/mol. The van der Waals surface area contributed by atoms with Crippen molar-refractivity contribution < 1.29 is 34.0 Å². The third-order valence-corrected chi connectivity index (χ3v) is 7.09. The molecule has 3 aliphatic rings. The molecular formula is C27H34O7. The minimum Gasteiger partial charge on any atom is -0.479 e. The van der Waals surface area contributed by atoms with E-state index in [4.69, 9.17) is 14.2 Å². The van der Waals surface area contributed by atoms with Crippen LogP contribution in [0.25, 0.3) is 0 Å². The van der Waals surface area contributed by atoms with E-state index >= 15 is 0 Å². The van der Waals surface area contributed by atoms with Gasteiger partial charge in [0.15, 0.2) is 6.10 Å². The van der Waals surface area contributed by atoms with E-state index in [0.717, 1.165) is 12.0 Å². The summed E-state index contributed by atoms with van der Waals surface area (Å²) in [4.78, 5) is 24.6. The van der Waals surface area contributed by atoms with Crippen LogP contribution in [0, 0.1) is 17.8 Å². The standard InChI is InChI=1S/C27H34O7/c1-16-8-9-18-12-19(28)14-24(34-27(31)17(2)32-21-6-4-3-5-7-21)26(18)23(16)11-10-22-13-20(29)15-25(30)33-22/h3-9,12,16-17,19-20,22-24,26,28-29H,10-11,13-15H2,1-2H3/t16?,17-,19?,20+,22+,23?,24?,26?/m0/s1. The zero-order valence-electron chi connectivity index (χ0n) is 19.7. The van der Waals surface area contributed by atoms with Gasteiger partial charge in [-0.3, -0.25) is 4.79 Å². The SMILES string of the molecule is CC1C=CC2=CC(O)CC(OC(=O)[C@H](C)Oc3ccccc3)C2C1CC[C@@H]1C[C@@H](O)CC(=O)O1. The van der Waals surface area contributed by atoms with Gasteiger partial charge in [-0.2, -0.15) is 0 Å². The van der Waals surface area contributed by atoms with Gasteiger partial charge < -0.3 is 24.4 Å². The second-order valence-electron chi connectivity index (χ2n) is 9.71. The summed E-state index contributed by atoms with van der Waals surface area (Å²) in [7, 11) is 0. The number of allylic oxidation sites excluding steroid dienone is 2. The number of aliphatic hydroxyl groups is 2. The number of cyclic esters (lactones) is 1. The van der Waals surface area contributed by atoms with Crippen LogP contribution in [0.15, 0.2) is 54.1 Å². The Morgan fingerprint density at radius 2 is 1.94 bits per heavy atom. The van der Waals surface area contributed by atoms with Gasteiger partial charge in [0.1, 0.15) is 18.0 Å². The van der Waals surface area contributed by atoms with E-state index in [9.17, 15) is 19.8 Å². The maximum atomic E-state index is 12.9. The first-order valence-corrected chi connectivity index (χ1v) is 12.2. The molecule has 0 radical (unpaired) electrons. The number of benzene rings is 1. The molecule has 0 bridgehead atoms. The summed E-state index contributed by atoms with van der Waals surface area (Å²) in [6.45, 7) is 3.79. The first-order valence-electron chi connectivity index (χ1n) is 12.2. The molecule has 0 aromatic heterocycles. The van der Waals surface area contributed by atoms with Gasteiger partial charge in [0, 0.05) is 18.8 Å². The third-order valence-electron chi connectivity index (χ3n) is 7.09. The third kappa shape index (κ3) is 5.88. The topological polar surface area (TPSA) is 102 Å². The summed E-state index contributed by atoms with van der Waals surface area (Å²) in [6, 6.07) is 9.12. The lowest BCUT2D eigenvalue weighted by atomic mass is 9.66. The summed E-state index contributed by atoms with van der Waals surface area (Å²) in [6.07, 6.45) is 5.25.